The van der Waals surface area contributed by atoms with E-state index in [1.807, 2.05) is 0 Å². The summed E-state index contributed by atoms with van der Waals surface area (Å²) >= 11 is 0. The fraction of sp³-hybridized carbons (Fsp3) is 0.579. The van der Waals surface area contributed by atoms with Gasteiger partial charge in [0.05, 0.1) is 0 Å². The van der Waals surface area contributed by atoms with Crippen molar-refractivity contribution >= 4 is 0 Å². The standard InChI is InChI=1S/C19H28N2/c1-2-3-4-8-14-20-19-12-16-21(17-13-19)15-11-18-9-6-5-7-10-18/h1,5-7,9-10,19-20H,3-4,8,11-17H2. The molecule has 0 atom stereocenters. The molecule has 1 heterocycles. The van der Waals surface area contributed by atoms with Gasteiger partial charge in [-0.05, 0) is 57.3 Å². The zero-order valence-corrected chi connectivity index (χ0v) is 13.1. The molecule has 1 saturated heterocycles. The van der Waals surface area contributed by atoms with Crippen molar-refractivity contribution in [2.45, 2.75) is 44.6 Å². The normalized spacial score (nSPS) is 16.7. The van der Waals surface area contributed by atoms with Gasteiger partial charge >= 0.3 is 0 Å². The number of hydrogen-bond donors (Lipinski definition) is 1. The molecule has 0 radical (unpaired) electrons. The first-order chi connectivity index (χ1) is 10.4. The van der Waals surface area contributed by atoms with Crippen molar-refractivity contribution in [3.63, 3.8) is 0 Å². The third-order valence-electron chi connectivity index (χ3n) is 4.33. The lowest BCUT2D eigenvalue weighted by atomic mass is 10.0. The van der Waals surface area contributed by atoms with Gasteiger partial charge in [0.15, 0.2) is 0 Å². The maximum absolute atomic E-state index is 5.26. The highest BCUT2D eigenvalue weighted by atomic mass is 15.1. The van der Waals surface area contributed by atoms with Crippen LogP contribution in [-0.2, 0) is 6.42 Å². The third-order valence-corrected chi connectivity index (χ3v) is 4.33. The molecule has 2 heteroatoms. The number of rotatable bonds is 8. The molecule has 114 valence electrons. The summed E-state index contributed by atoms with van der Waals surface area (Å²) in [4.78, 5) is 2.60. The molecule has 0 saturated carbocycles. The molecule has 0 aromatic heterocycles. The second-order valence-corrected chi connectivity index (χ2v) is 5.97. The average molecular weight is 284 g/mol. The largest absolute Gasteiger partial charge is 0.314 e. The van der Waals surface area contributed by atoms with Crippen molar-refractivity contribution in [1.29, 1.82) is 0 Å². The number of likely N-dealkylation sites (tertiary alicyclic amines) is 1. The molecule has 21 heavy (non-hydrogen) atoms. The molecule has 0 spiro atoms. The topological polar surface area (TPSA) is 15.3 Å². The van der Waals surface area contributed by atoms with Gasteiger partial charge in [-0.25, -0.2) is 0 Å². The Kier molecular flexibility index (Phi) is 7.35. The van der Waals surface area contributed by atoms with E-state index in [2.05, 4.69) is 46.5 Å². The SMILES string of the molecule is C#CCCCCNC1CCN(CCc2ccccc2)CC1. The highest BCUT2D eigenvalue weighted by Crippen LogP contribution is 2.11. The predicted octanol–water partition coefficient (Wildman–Crippen LogP) is 3.09. The van der Waals surface area contributed by atoms with Crippen LogP contribution in [0.5, 0.6) is 0 Å². The summed E-state index contributed by atoms with van der Waals surface area (Å²) < 4.78 is 0. The van der Waals surface area contributed by atoms with E-state index >= 15 is 0 Å². The first-order valence-corrected chi connectivity index (χ1v) is 8.31. The van der Waals surface area contributed by atoms with Crippen LogP contribution in [0, 0.1) is 12.3 Å². The van der Waals surface area contributed by atoms with Crippen LogP contribution in [0.2, 0.25) is 0 Å². The molecule has 1 aromatic carbocycles. The van der Waals surface area contributed by atoms with Crippen LogP contribution < -0.4 is 5.32 Å². The minimum atomic E-state index is 0.712. The monoisotopic (exact) mass is 284 g/mol. The molecular weight excluding hydrogens is 256 g/mol. The zero-order chi connectivity index (χ0) is 14.8. The number of terminal acetylenes is 1. The predicted molar refractivity (Wildman–Crippen MR) is 90.3 cm³/mol. The minimum Gasteiger partial charge on any atom is -0.314 e. The highest BCUT2D eigenvalue weighted by molar-refractivity contribution is 5.14. The Balaban J connectivity index is 1.55. The lowest BCUT2D eigenvalue weighted by Crippen LogP contribution is -2.43. The smallest absolute Gasteiger partial charge is 0.00914 e. The maximum Gasteiger partial charge on any atom is 0.00914 e. The fourth-order valence-corrected chi connectivity index (χ4v) is 2.95. The van der Waals surface area contributed by atoms with E-state index in [9.17, 15) is 0 Å². The number of hydrogen-bond acceptors (Lipinski definition) is 2. The van der Waals surface area contributed by atoms with Crippen LogP contribution in [-0.4, -0.2) is 37.1 Å². The van der Waals surface area contributed by atoms with Crippen molar-refractivity contribution in [3.8, 4) is 12.3 Å². The van der Waals surface area contributed by atoms with Gasteiger partial charge < -0.3 is 10.2 Å². The number of benzene rings is 1. The first kappa shape index (κ1) is 16.1. The fourth-order valence-electron chi connectivity index (χ4n) is 2.95. The summed E-state index contributed by atoms with van der Waals surface area (Å²) in [6.45, 7) is 4.78. The summed E-state index contributed by atoms with van der Waals surface area (Å²) in [6.07, 6.45) is 12.3. The van der Waals surface area contributed by atoms with Gasteiger partial charge in [0.2, 0.25) is 0 Å². The molecule has 2 nitrogen and oxygen atoms in total. The number of nitrogens with zero attached hydrogens (tertiary/aromatic N) is 1. The van der Waals surface area contributed by atoms with Crippen LogP contribution in [0.25, 0.3) is 0 Å². The van der Waals surface area contributed by atoms with E-state index < -0.39 is 0 Å². The molecule has 0 unspecified atom stereocenters. The number of nitrogens with one attached hydrogen (secondary N) is 1. The first-order valence-electron chi connectivity index (χ1n) is 8.31. The van der Waals surface area contributed by atoms with E-state index in [0.717, 1.165) is 19.4 Å². The third kappa shape index (κ3) is 6.33. The van der Waals surface area contributed by atoms with Gasteiger partial charge in [-0.15, -0.1) is 12.3 Å². The van der Waals surface area contributed by atoms with Gasteiger partial charge in [0.25, 0.3) is 0 Å². The second kappa shape index (κ2) is 9.60. The summed E-state index contributed by atoms with van der Waals surface area (Å²) in [6, 6.07) is 11.5. The molecule has 1 aliphatic rings. The van der Waals surface area contributed by atoms with Crippen LogP contribution in [0.4, 0.5) is 0 Å². The Bertz CT molecular complexity index is 413. The van der Waals surface area contributed by atoms with Crippen LogP contribution in [0.1, 0.15) is 37.7 Å². The molecule has 0 aliphatic carbocycles. The van der Waals surface area contributed by atoms with Crippen molar-refractivity contribution in [2.24, 2.45) is 0 Å². The molecule has 0 bridgehead atoms. The minimum absolute atomic E-state index is 0.712. The van der Waals surface area contributed by atoms with Gasteiger partial charge in [-0.2, -0.15) is 0 Å². The Morgan fingerprint density at radius 1 is 1.14 bits per heavy atom. The maximum atomic E-state index is 5.26. The Labute approximate surface area is 129 Å². The van der Waals surface area contributed by atoms with Crippen molar-refractivity contribution in [3.05, 3.63) is 35.9 Å². The van der Waals surface area contributed by atoms with E-state index in [0.29, 0.717) is 6.04 Å². The Morgan fingerprint density at radius 2 is 1.90 bits per heavy atom. The average Bonchev–Trinajstić information content (AvgIpc) is 2.55. The molecule has 1 aliphatic heterocycles. The Hall–Kier alpha value is -1.30. The zero-order valence-electron chi connectivity index (χ0n) is 13.1. The highest BCUT2D eigenvalue weighted by Gasteiger charge is 2.17. The van der Waals surface area contributed by atoms with Gasteiger partial charge in [0, 0.05) is 19.0 Å². The summed E-state index contributed by atoms with van der Waals surface area (Å²) in [5.74, 6) is 2.71. The van der Waals surface area contributed by atoms with Gasteiger partial charge in [-0.1, -0.05) is 30.3 Å². The van der Waals surface area contributed by atoms with Crippen LogP contribution in [0.3, 0.4) is 0 Å². The molecule has 1 N–H and O–H groups in total. The van der Waals surface area contributed by atoms with Crippen molar-refractivity contribution < 1.29 is 0 Å². The van der Waals surface area contributed by atoms with Gasteiger partial charge in [0.1, 0.15) is 0 Å². The molecule has 1 aromatic rings. The van der Waals surface area contributed by atoms with Crippen LogP contribution in [0.15, 0.2) is 30.3 Å². The number of piperidine rings is 1. The second-order valence-electron chi connectivity index (χ2n) is 5.97. The molecule has 0 amide bonds. The van der Waals surface area contributed by atoms with E-state index in [1.165, 1.54) is 50.9 Å². The van der Waals surface area contributed by atoms with Gasteiger partial charge in [-0.3, -0.25) is 0 Å². The summed E-state index contributed by atoms with van der Waals surface area (Å²) in [7, 11) is 0. The summed E-state index contributed by atoms with van der Waals surface area (Å²) in [5.41, 5.74) is 1.45. The van der Waals surface area contributed by atoms with E-state index in [-0.39, 0.29) is 0 Å². The Morgan fingerprint density at radius 3 is 2.62 bits per heavy atom. The van der Waals surface area contributed by atoms with Crippen molar-refractivity contribution in [1.82, 2.24) is 10.2 Å². The lowest BCUT2D eigenvalue weighted by molar-refractivity contribution is 0.199. The van der Waals surface area contributed by atoms with E-state index in [4.69, 9.17) is 6.42 Å². The molecular formula is C19H28N2. The van der Waals surface area contributed by atoms with Crippen molar-refractivity contribution in [2.75, 3.05) is 26.2 Å². The summed E-state index contributed by atoms with van der Waals surface area (Å²) in [5, 5.41) is 3.68. The quantitative estimate of drug-likeness (QED) is 0.583. The molecule has 2 rings (SSSR count). The molecule has 1 fully saturated rings. The lowest BCUT2D eigenvalue weighted by Gasteiger charge is -2.32. The number of unbranched alkanes of at least 4 members (excludes halogenated alkanes) is 2. The van der Waals surface area contributed by atoms with E-state index in [1.54, 1.807) is 0 Å². The van der Waals surface area contributed by atoms with Crippen LogP contribution >= 0.6 is 0 Å².